The fraction of sp³-hybridized carbons (Fsp3) is 0.429. The van der Waals surface area contributed by atoms with Gasteiger partial charge in [-0.05, 0) is 55.9 Å². The summed E-state index contributed by atoms with van der Waals surface area (Å²) in [7, 11) is 0. The average Bonchev–Trinajstić information content (AvgIpc) is 3.04. The molecule has 1 aromatic carbocycles. The van der Waals surface area contributed by atoms with E-state index in [2.05, 4.69) is 12.2 Å². The Kier molecular flexibility index (Phi) is 5.26. The highest BCUT2D eigenvalue weighted by Crippen LogP contribution is 2.40. The van der Waals surface area contributed by atoms with Gasteiger partial charge >= 0.3 is 5.97 Å². The Balaban J connectivity index is 1.63. The van der Waals surface area contributed by atoms with E-state index in [-0.39, 0.29) is 11.9 Å². The molecule has 1 N–H and O–H groups in total. The molecule has 1 aromatic heterocycles. The molecule has 1 amide bonds. The summed E-state index contributed by atoms with van der Waals surface area (Å²) in [6.45, 7) is 5.25. The molecule has 0 unspecified atom stereocenters. The molecule has 0 saturated carbocycles. The normalized spacial score (nSPS) is 17.6. The van der Waals surface area contributed by atoms with Crippen LogP contribution in [-0.2, 0) is 17.6 Å². The zero-order valence-electron chi connectivity index (χ0n) is 16.0. The predicted molar refractivity (Wildman–Crippen MR) is 107 cm³/mol. The van der Waals surface area contributed by atoms with Gasteiger partial charge in [-0.3, -0.25) is 4.79 Å². The summed E-state index contributed by atoms with van der Waals surface area (Å²) in [5, 5.41) is 3.49. The maximum Gasteiger partial charge on any atom is 0.341 e. The molecule has 1 aliphatic carbocycles. The monoisotopic (exact) mass is 401 g/mol. The van der Waals surface area contributed by atoms with Crippen molar-refractivity contribution >= 4 is 28.2 Å². The number of ether oxygens (including phenoxy) is 3. The van der Waals surface area contributed by atoms with Crippen molar-refractivity contribution in [3.05, 3.63) is 39.8 Å². The average molecular weight is 401 g/mol. The van der Waals surface area contributed by atoms with Crippen LogP contribution >= 0.6 is 11.3 Å². The summed E-state index contributed by atoms with van der Waals surface area (Å²) in [5.41, 5.74) is 2.00. The molecule has 2 aliphatic rings. The van der Waals surface area contributed by atoms with Crippen molar-refractivity contribution in [3.63, 3.8) is 0 Å². The van der Waals surface area contributed by atoms with Crippen LogP contribution in [0.1, 0.15) is 51.4 Å². The molecule has 4 rings (SSSR count). The summed E-state index contributed by atoms with van der Waals surface area (Å²) < 4.78 is 16.3. The van der Waals surface area contributed by atoms with Crippen molar-refractivity contribution in [2.45, 2.75) is 33.1 Å². The highest BCUT2D eigenvalue weighted by molar-refractivity contribution is 7.17. The highest BCUT2D eigenvalue weighted by atomic mass is 32.1. The molecule has 1 atom stereocenters. The number of thiophene rings is 1. The molecule has 28 heavy (non-hydrogen) atoms. The molecule has 7 heteroatoms. The van der Waals surface area contributed by atoms with Crippen molar-refractivity contribution in [1.82, 2.24) is 0 Å². The Morgan fingerprint density at radius 3 is 2.82 bits per heavy atom. The van der Waals surface area contributed by atoms with Gasteiger partial charge < -0.3 is 19.5 Å². The van der Waals surface area contributed by atoms with E-state index in [0.717, 1.165) is 24.8 Å². The van der Waals surface area contributed by atoms with Crippen LogP contribution in [-0.4, -0.2) is 31.7 Å². The number of nitrogens with one attached hydrogen (secondary N) is 1. The number of hydrogen-bond acceptors (Lipinski definition) is 6. The van der Waals surface area contributed by atoms with Gasteiger partial charge in [-0.2, -0.15) is 0 Å². The van der Waals surface area contributed by atoms with E-state index in [4.69, 9.17) is 14.2 Å². The number of benzene rings is 1. The van der Waals surface area contributed by atoms with Crippen LogP contribution in [0.3, 0.4) is 0 Å². The summed E-state index contributed by atoms with van der Waals surface area (Å²) in [5.74, 6) is 1.11. The lowest BCUT2D eigenvalue weighted by molar-refractivity contribution is 0.0526. The molecule has 0 spiro atoms. The number of anilines is 1. The third-order valence-electron chi connectivity index (χ3n) is 5.02. The Morgan fingerprint density at radius 1 is 1.25 bits per heavy atom. The molecule has 0 bridgehead atoms. The van der Waals surface area contributed by atoms with Gasteiger partial charge in [0.05, 0.1) is 12.2 Å². The third kappa shape index (κ3) is 3.58. The molecule has 2 heterocycles. The topological polar surface area (TPSA) is 73.9 Å². The molecule has 6 nitrogen and oxygen atoms in total. The summed E-state index contributed by atoms with van der Waals surface area (Å²) in [6, 6.07) is 5.10. The predicted octanol–water partition coefficient (Wildman–Crippen LogP) is 4.07. The van der Waals surface area contributed by atoms with Gasteiger partial charge in [0.2, 0.25) is 0 Å². The highest BCUT2D eigenvalue weighted by Gasteiger charge is 2.29. The van der Waals surface area contributed by atoms with E-state index in [1.165, 1.54) is 16.2 Å². The number of carbonyl (C=O) groups excluding carboxylic acids is 2. The number of carbonyl (C=O) groups is 2. The summed E-state index contributed by atoms with van der Waals surface area (Å²) in [6.07, 6.45) is 2.79. The fourth-order valence-corrected chi connectivity index (χ4v) is 5.01. The first-order chi connectivity index (χ1) is 13.6. The van der Waals surface area contributed by atoms with Crippen LogP contribution in [0.5, 0.6) is 11.5 Å². The smallest absolute Gasteiger partial charge is 0.341 e. The molecular weight excluding hydrogens is 378 g/mol. The van der Waals surface area contributed by atoms with Crippen molar-refractivity contribution in [1.29, 1.82) is 0 Å². The molecule has 1 aliphatic heterocycles. The van der Waals surface area contributed by atoms with Gasteiger partial charge in [0, 0.05) is 10.4 Å². The lowest BCUT2D eigenvalue weighted by atomic mass is 9.88. The van der Waals surface area contributed by atoms with E-state index < -0.39 is 0 Å². The van der Waals surface area contributed by atoms with Gasteiger partial charge in [0.1, 0.15) is 18.2 Å². The minimum absolute atomic E-state index is 0.283. The second kappa shape index (κ2) is 7.83. The largest absolute Gasteiger partial charge is 0.486 e. The Labute approximate surface area is 167 Å². The Bertz CT molecular complexity index is 920. The van der Waals surface area contributed by atoms with Crippen LogP contribution in [0.2, 0.25) is 0 Å². The molecule has 2 aromatic rings. The molecular formula is C21H23NO5S. The van der Waals surface area contributed by atoms with Crippen molar-refractivity contribution < 1.29 is 23.8 Å². The molecule has 148 valence electrons. The van der Waals surface area contributed by atoms with Crippen LogP contribution in [0.25, 0.3) is 0 Å². The van der Waals surface area contributed by atoms with Gasteiger partial charge in [0.25, 0.3) is 5.91 Å². The summed E-state index contributed by atoms with van der Waals surface area (Å²) >= 11 is 1.48. The first-order valence-corrected chi connectivity index (χ1v) is 10.4. The number of esters is 1. The number of hydrogen-bond donors (Lipinski definition) is 1. The minimum atomic E-state index is -0.368. The van der Waals surface area contributed by atoms with Crippen molar-refractivity contribution in [2.75, 3.05) is 25.1 Å². The van der Waals surface area contributed by atoms with Crippen LogP contribution < -0.4 is 14.8 Å². The van der Waals surface area contributed by atoms with E-state index in [9.17, 15) is 9.59 Å². The molecule has 0 radical (unpaired) electrons. The molecule has 0 fully saturated rings. The van der Waals surface area contributed by atoms with E-state index in [0.29, 0.717) is 53.4 Å². The zero-order chi connectivity index (χ0) is 19.7. The van der Waals surface area contributed by atoms with E-state index >= 15 is 0 Å². The number of fused-ring (bicyclic) bond motifs is 2. The quantitative estimate of drug-likeness (QED) is 0.782. The Morgan fingerprint density at radius 2 is 2.04 bits per heavy atom. The van der Waals surface area contributed by atoms with Crippen LogP contribution in [0.15, 0.2) is 18.2 Å². The van der Waals surface area contributed by atoms with E-state index in [1.54, 1.807) is 25.1 Å². The summed E-state index contributed by atoms with van der Waals surface area (Å²) in [4.78, 5) is 26.6. The van der Waals surface area contributed by atoms with E-state index in [1.807, 2.05) is 0 Å². The van der Waals surface area contributed by atoms with Gasteiger partial charge in [-0.1, -0.05) is 6.92 Å². The lowest BCUT2D eigenvalue weighted by Gasteiger charge is -2.18. The maximum atomic E-state index is 12.9. The first kappa shape index (κ1) is 18.8. The molecule has 0 saturated heterocycles. The number of amides is 1. The van der Waals surface area contributed by atoms with Gasteiger partial charge in [-0.25, -0.2) is 4.79 Å². The SMILES string of the molecule is CCOC(=O)c1c(NC(=O)c2ccc3c(c2)OCCO3)sc2c1CC[C@@H](C)C2. The van der Waals surface area contributed by atoms with Crippen LogP contribution in [0.4, 0.5) is 5.00 Å². The zero-order valence-corrected chi connectivity index (χ0v) is 16.8. The third-order valence-corrected chi connectivity index (χ3v) is 6.19. The second-order valence-corrected chi connectivity index (χ2v) is 8.19. The standard InChI is InChI=1S/C21H23NO5S/c1-3-25-21(24)18-14-6-4-12(2)10-17(14)28-20(18)22-19(23)13-5-7-15-16(11-13)27-9-8-26-15/h5,7,11-12H,3-4,6,8-10H2,1-2H3,(H,22,23)/t12-/m1/s1. The fourth-order valence-electron chi connectivity index (χ4n) is 3.62. The van der Waals surface area contributed by atoms with Gasteiger partial charge in [-0.15, -0.1) is 11.3 Å². The van der Waals surface area contributed by atoms with Crippen LogP contribution in [0, 0.1) is 5.92 Å². The Hall–Kier alpha value is -2.54. The van der Waals surface area contributed by atoms with Gasteiger partial charge in [0.15, 0.2) is 11.5 Å². The lowest BCUT2D eigenvalue weighted by Crippen LogP contribution is -2.18. The maximum absolute atomic E-state index is 12.9. The second-order valence-electron chi connectivity index (χ2n) is 7.09. The number of rotatable bonds is 4. The minimum Gasteiger partial charge on any atom is -0.486 e. The van der Waals surface area contributed by atoms with Crippen molar-refractivity contribution in [3.8, 4) is 11.5 Å². The first-order valence-electron chi connectivity index (χ1n) is 9.59. The van der Waals surface area contributed by atoms with Crippen molar-refractivity contribution in [2.24, 2.45) is 5.92 Å².